The van der Waals surface area contributed by atoms with Gasteiger partial charge in [0.05, 0.1) is 5.56 Å². The summed E-state index contributed by atoms with van der Waals surface area (Å²) in [6.45, 7) is 5.91. The van der Waals surface area contributed by atoms with Gasteiger partial charge in [-0.2, -0.15) is 0 Å². The summed E-state index contributed by atoms with van der Waals surface area (Å²) in [5.41, 5.74) is 1.79. The molecule has 0 aliphatic heterocycles. The van der Waals surface area contributed by atoms with E-state index in [2.05, 4.69) is 15.5 Å². The molecule has 3 rings (SSSR count). The Morgan fingerprint density at radius 2 is 2.16 bits per heavy atom. The molecule has 0 spiro atoms. The molecular weight excluding hydrogens is 320 g/mol. The van der Waals surface area contributed by atoms with Crippen LogP contribution in [0.5, 0.6) is 0 Å². The Hall–Kier alpha value is -2.67. The Bertz CT molecular complexity index is 853. The van der Waals surface area contributed by atoms with Gasteiger partial charge in [-0.05, 0) is 19.4 Å². The Balaban J connectivity index is 1.74. The Morgan fingerprint density at radius 1 is 1.32 bits per heavy atom. The molecule has 1 amide bonds. The molecule has 7 heteroatoms. The van der Waals surface area contributed by atoms with Crippen LogP contribution < -0.4 is 5.32 Å². The van der Waals surface area contributed by atoms with E-state index in [0.717, 1.165) is 22.9 Å². The number of rotatable bonds is 8. The third-order valence-electron chi connectivity index (χ3n) is 3.85. The highest BCUT2D eigenvalue weighted by Gasteiger charge is 2.16. The third-order valence-corrected chi connectivity index (χ3v) is 3.85. The van der Waals surface area contributed by atoms with Crippen LogP contribution in [-0.4, -0.2) is 40.4 Å². The van der Waals surface area contributed by atoms with E-state index >= 15 is 0 Å². The summed E-state index contributed by atoms with van der Waals surface area (Å²) in [4.78, 5) is 12.2. The fourth-order valence-corrected chi connectivity index (χ4v) is 2.71. The number of para-hydroxylation sites is 1. The molecule has 0 fully saturated rings. The van der Waals surface area contributed by atoms with Gasteiger partial charge >= 0.3 is 0 Å². The summed E-state index contributed by atoms with van der Waals surface area (Å²) < 4.78 is 12.7. The maximum atomic E-state index is 12.2. The Labute approximate surface area is 146 Å². The number of fused-ring (bicyclic) bond motifs is 1. The smallest absolute Gasteiger partial charge is 0.249 e. The van der Waals surface area contributed by atoms with Crippen LogP contribution in [0.25, 0.3) is 22.4 Å². The number of hydrogen-bond acceptors (Lipinski definition) is 5. The highest BCUT2D eigenvalue weighted by Crippen LogP contribution is 2.29. The number of aryl methyl sites for hydroxylation is 1. The molecule has 0 aliphatic carbocycles. The fourth-order valence-electron chi connectivity index (χ4n) is 2.71. The zero-order chi connectivity index (χ0) is 17.6. The van der Waals surface area contributed by atoms with Crippen LogP contribution in [0, 0.1) is 6.92 Å². The molecule has 2 aromatic heterocycles. The fraction of sp³-hybridized carbons (Fsp3) is 0.389. The van der Waals surface area contributed by atoms with Gasteiger partial charge in [0, 0.05) is 43.8 Å². The van der Waals surface area contributed by atoms with Gasteiger partial charge in [0.2, 0.25) is 17.7 Å². The summed E-state index contributed by atoms with van der Waals surface area (Å²) in [7, 11) is 0. The van der Waals surface area contributed by atoms with Crippen LogP contribution in [0.15, 0.2) is 34.9 Å². The van der Waals surface area contributed by atoms with Crippen LogP contribution in [0.1, 0.15) is 19.2 Å². The molecule has 7 nitrogen and oxygen atoms in total. The van der Waals surface area contributed by atoms with E-state index in [1.807, 2.05) is 42.0 Å². The molecule has 0 radical (unpaired) electrons. The van der Waals surface area contributed by atoms with Crippen molar-refractivity contribution < 1.29 is 13.9 Å². The van der Waals surface area contributed by atoms with E-state index in [-0.39, 0.29) is 12.5 Å². The van der Waals surface area contributed by atoms with Gasteiger partial charge in [-0.15, -0.1) is 10.2 Å². The summed E-state index contributed by atoms with van der Waals surface area (Å²) in [6.07, 6.45) is 2.69. The first-order valence-corrected chi connectivity index (χ1v) is 8.42. The molecule has 0 saturated carbocycles. The third kappa shape index (κ3) is 4.06. The van der Waals surface area contributed by atoms with Crippen LogP contribution in [0.3, 0.4) is 0 Å². The number of carbonyl (C=O) groups excluding carboxylic acids is 1. The highest BCUT2D eigenvalue weighted by molar-refractivity contribution is 5.94. The second kappa shape index (κ2) is 7.94. The molecule has 0 unspecified atom stereocenters. The molecule has 0 aliphatic rings. The predicted molar refractivity (Wildman–Crippen MR) is 94.1 cm³/mol. The number of nitrogens with one attached hydrogen (secondary N) is 1. The predicted octanol–water partition coefficient (Wildman–Crippen LogP) is 2.54. The monoisotopic (exact) mass is 342 g/mol. The molecule has 1 N–H and O–H groups in total. The first kappa shape index (κ1) is 17.2. The van der Waals surface area contributed by atoms with E-state index in [0.29, 0.717) is 31.5 Å². The lowest BCUT2D eigenvalue weighted by atomic mass is 10.2. The number of benzene rings is 1. The first-order valence-electron chi connectivity index (χ1n) is 8.42. The molecule has 0 saturated heterocycles. The number of ether oxygens (including phenoxy) is 1. The normalized spacial score (nSPS) is 11.1. The van der Waals surface area contributed by atoms with E-state index < -0.39 is 0 Å². The van der Waals surface area contributed by atoms with Crippen molar-refractivity contribution in [1.82, 2.24) is 20.1 Å². The minimum atomic E-state index is -0.0366. The van der Waals surface area contributed by atoms with E-state index in [4.69, 9.17) is 9.15 Å². The van der Waals surface area contributed by atoms with Crippen molar-refractivity contribution in [2.45, 2.75) is 26.8 Å². The number of aromatic nitrogens is 3. The minimum absolute atomic E-state index is 0.0366. The van der Waals surface area contributed by atoms with Gasteiger partial charge in [0.25, 0.3) is 0 Å². The molecular formula is C18H22N4O3. The molecule has 0 bridgehead atoms. The van der Waals surface area contributed by atoms with Crippen molar-refractivity contribution in [3.05, 3.63) is 36.4 Å². The Kier molecular flexibility index (Phi) is 5.45. The van der Waals surface area contributed by atoms with Gasteiger partial charge < -0.3 is 19.0 Å². The average molecular weight is 342 g/mol. The molecule has 25 heavy (non-hydrogen) atoms. The summed E-state index contributed by atoms with van der Waals surface area (Å²) in [6, 6.07) is 7.86. The molecule has 0 atom stereocenters. The number of amides is 1. The maximum absolute atomic E-state index is 12.2. The topological polar surface area (TPSA) is 82.2 Å². The van der Waals surface area contributed by atoms with Gasteiger partial charge in [-0.1, -0.05) is 18.2 Å². The second-order valence-corrected chi connectivity index (χ2v) is 5.71. The maximum Gasteiger partial charge on any atom is 0.249 e. The van der Waals surface area contributed by atoms with Crippen LogP contribution in [0.2, 0.25) is 0 Å². The van der Waals surface area contributed by atoms with Crippen molar-refractivity contribution in [3.63, 3.8) is 0 Å². The standard InChI is InChI=1S/C18H22N4O3/c1-3-24-10-6-9-19-17(23)12-22-11-15(18-21-20-13(2)25-18)14-7-4-5-8-16(14)22/h4-5,7-8,11H,3,6,9-10,12H2,1-2H3,(H,19,23). The van der Waals surface area contributed by atoms with Crippen molar-refractivity contribution in [2.24, 2.45) is 0 Å². The number of hydrogen-bond donors (Lipinski definition) is 1. The van der Waals surface area contributed by atoms with Crippen LogP contribution in [0.4, 0.5) is 0 Å². The van der Waals surface area contributed by atoms with E-state index in [9.17, 15) is 4.79 Å². The van der Waals surface area contributed by atoms with E-state index in [1.165, 1.54) is 0 Å². The van der Waals surface area contributed by atoms with Gasteiger partial charge in [0.15, 0.2) is 0 Å². The lowest BCUT2D eigenvalue weighted by Crippen LogP contribution is -2.28. The lowest BCUT2D eigenvalue weighted by molar-refractivity contribution is -0.121. The van der Waals surface area contributed by atoms with Crippen molar-refractivity contribution in [2.75, 3.05) is 19.8 Å². The molecule has 2 heterocycles. The SMILES string of the molecule is CCOCCCNC(=O)Cn1cc(-c2nnc(C)o2)c2ccccc21. The van der Waals surface area contributed by atoms with Crippen molar-refractivity contribution in [1.29, 1.82) is 0 Å². The highest BCUT2D eigenvalue weighted by atomic mass is 16.5. The Morgan fingerprint density at radius 3 is 2.92 bits per heavy atom. The summed E-state index contributed by atoms with van der Waals surface area (Å²) in [5.74, 6) is 0.939. The second-order valence-electron chi connectivity index (χ2n) is 5.71. The van der Waals surface area contributed by atoms with Gasteiger partial charge in [-0.3, -0.25) is 4.79 Å². The van der Waals surface area contributed by atoms with Crippen molar-refractivity contribution >= 4 is 16.8 Å². The molecule has 132 valence electrons. The van der Waals surface area contributed by atoms with Gasteiger partial charge in [-0.25, -0.2) is 0 Å². The van der Waals surface area contributed by atoms with Crippen molar-refractivity contribution in [3.8, 4) is 11.5 Å². The molecule has 3 aromatic rings. The lowest BCUT2D eigenvalue weighted by Gasteiger charge is -2.07. The molecule has 1 aromatic carbocycles. The first-order chi connectivity index (χ1) is 12.2. The minimum Gasteiger partial charge on any atom is -0.421 e. The zero-order valence-corrected chi connectivity index (χ0v) is 14.5. The number of nitrogens with zero attached hydrogens (tertiary/aromatic N) is 3. The zero-order valence-electron chi connectivity index (χ0n) is 14.5. The largest absolute Gasteiger partial charge is 0.421 e. The van der Waals surface area contributed by atoms with Gasteiger partial charge in [0.1, 0.15) is 6.54 Å². The quantitative estimate of drug-likeness (QED) is 0.636. The summed E-state index contributed by atoms with van der Waals surface area (Å²) >= 11 is 0. The van der Waals surface area contributed by atoms with E-state index in [1.54, 1.807) is 6.92 Å². The van der Waals surface area contributed by atoms with Crippen LogP contribution in [-0.2, 0) is 16.1 Å². The van der Waals surface area contributed by atoms with Crippen LogP contribution >= 0.6 is 0 Å². The summed E-state index contributed by atoms with van der Waals surface area (Å²) in [5, 5.41) is 11.9. The number of carbonyl (C=O) groups is 1. The average Bonchev–Trinajstić information content (AvgIpc) is 3.19.